The summed E-state index contributed by atoms with van der Waals surface area (Å²) in [4.78, 5) is 13.1. The van der Waals surface area contributed by atoms with Gasteiger partial charge in [-0.2, -0.15) is 0 Å². The molecule has 3 aromatic rings. The van der Waals surface area contributed by atoms with Gasteiger partial charge in [0.1, 0.15) is 12.3 Å². The summed E-state index contributed by atoms with van der Waals surface area (Å²) < 4.78 is 33.3. The summed E-state index contributed by atoms with van der Waals surface area (Å²) in [6.45, 7) is 5.51. The third-order valence-electron chi connectivity index (χ3n) is 5.52. The topological polar surface area (TPSA) is 75.7 Å². The van der Waals surface area contributed by atoms with Crippen LogP contribution in [0.5, 0.6) is 5.75 Å². The predicted octanol–water partition coefficient (Wildman–Crippen LogP) is 4.64. The van der Waals surface area contributed by atoms with Crippen LogP contribution < -0.4 is 14.4 Å². The number of nitrogens with one attached hydrogen (secondary N) is 1. The van der Waals surface area contributed by atoms with E-state index in [0.717, 1.165) is 21.9 Å². The SMILES string of the molecule is CCc1ccc([C@@H](C)NC(=O)CN(c2ccc(OC)cc2)S(=O)(=O)c2ccc(C)cc2)cc1. The largest absolute Gasteiger partial charge is 0.497 e. The zero-order valence-electron chi connectivity index (χ0n) is 19.4. The second-order valence-corrected chi connectivity index (χ2v) is 9.77. The lowest BCUT2D eigenvalue weighted by Gasteiger charge is -2.25. The van der Waals surface area contributed by atoms with Crippen molar-refractivity contribution in [2.24, 2.45) is 0 Å². The van der Waals surface area contributed by atoms with Gasteiger partial charge in [0, 0.05) is 0 Å². The monoisotopic (exact) mass is 466 g/mol. The molecule has 0 radical (unpaired) electrons. The molecule has 33 heavy (non-hydrogen) atoms. The van der Waals surface area contributed by atoms with Crippen LogP contribution in [0.4, 0.5) is 5.69 Å². The van der Waals surface area contributed by atoms with Gasteiger partial charge in [0.2, 0.25) is 5.91 Å². The van der Waals surface area contributed by atoms with Crippen LogP contribution in [0, 0.1) is 6.92 Å². The summed E-state index contributed by atoms with van der Waals surface area (Å²) in [6.07, 6.45) is 0.939. The fourth-order valence-electron chi connectivity index (χ4n) is 3.44. The van der Waals surface area contributed by atoms with Gasteiger partial charge in [-0.05, 0) is 67.8 Å². The second-order valence-electron chi connectivity index (χ2n) is 7.91. The first-order chi connectivity index (χ1) is 15.7. The molecule has 6 nitrogen and oxygen atoms in total. The minimum atomic E-state index is -3.96. The van der Waals surface area contributed by atoms with Crippen molar-refractivity contribution in [3.05, 3.63) is 89.5 Å². The number of rotatable bonds is 9. The van der Waals surface area contributed by atoms with Crippen molar-refractivity contribution in [1.82, 2.24) is 5.32 Å². The van der Waals surface area contributed by atoms with Crippen LogP contribution in [-0.2, 0) is 21.2 Å². The Labute approximate surface area is 196 Å². The van der Waals surface area contributed by atoms with Gasteiger partial charge >= 0.3 is 0 Å². The normalized spacial score (nSPS) is 12.1. The number of carbonyl (C=O) groups excluding carboxylic acids is 1. The molecule has 0 bridgehead atoms. The molecule has 0 saturated heterocycles. The molecular formula is C26H30N2O4S. The smallest absolute Gasteiger partial charge is 0.264 e. The third-order valence-corrected chi connectivity index (χ3v) is 7.31. The Hall–Kier alpha value is -3.32. The molecule has 3 rings (SSSR count). The Morgan fingerprint density at radius 1 is 0.970 bits per heavy atom. The molecule has 0 aliphatic carbocycles. The van der Waals surface area contributed by atoms with Gasteiger partial charge in [-0.1, -0.05) is 48.9 Å². The zero-order chi connectivity index (χ0) is 24.0. The van der Waals surface area contributed by atoms with Gasteiger partial charge in [-0.25, -0.2) is 8.42 Å². The molecule has 0 aliphatic heterocycles. The van der Waals surface area contributed by atoms with Crippen LogP contribution in [0.2, 0.25) is 0 Å². The van der Waals surface area contributed by atoms with E-state index in [1.807, 2.05) is 38.1 Å². The number of anilines is 1. The Kier molecular flexibility index (Phi) is 7.76. The average molecular weight is 467 g/mol. The van der Waals surface area contributed by atoms with E-state index in [-0.39, 0.29) is 17.5 Å². The molecule has 0 fully saturated rings. The third kappa shape index (κ3) is 5.93. The van der Waals surface area contributed by atoms with Crippen molar-refractivity contribution in [1.29, 1.82) is 0 Å². The minimum Gasteiger partial charge on any atom is -0.497 e. The average Bonchev–Trinajstić information content (AvgIpc) is 2.83. The van der Waals surface area contributed by atoms with Crippen molar-refractivity contribution < 1.29 is 17.9 Å². The van der Waals surface area contributed by atoms with Crippen molar-refractivity contribution in [2.45, 2.75) is 38.1 Å². The van der Waals surface area contributed by atoms with Gasteiger partial charge < -0.3 is 10.1 Å². The number of nitrogens with zero attached hydrogens (tertiary/aromatic N) is 1. The maximum absolute atomic E-state index is 13.5. The molecule has 7 heteroatoms. The summed E-state index contributed by atoms with van der Waals surface area (Å²) in [7, 11) is -2.42. The molecule has 0 aromatic heterocycles. The summed E-state index contributed by atoms with van der Waals surface area (Å²) in [5.74, 6) is 0.202. The molecule has 1 atom stereocenters. The first kappa shape index (κ1) is 24.3. The van der Waals surface area contributed by atoms with Gasteiger partial charge in [0.25, 0.3) is 10.0 Å². The number of hydrogen-bond acceptors (Lipinski definition) is 4. The zero-order valence-corrected chi connectivity index (χ0v) is 20.2. The van der Waals surface area contributed by atoms with E-state index >= 15 is 0 Å². The van der Waals surface area contributed by atoms with Crippen LogP contribution in [0.3, 0.4) is 0 Å². The number of amides is 1. The van der Waals surface area contributed by atoms with Crippen LogP contribution in [0.1, 0.15) is 36.6 Å². The number of carbonyl (C=O) groups is 1. The molecule has 0 aliphatic rings. The lowest BCUT2D eigenvalue weighted by Crippen LogP contribution is -2.41. The Balaban J connectivity index is 1.86. The lowest BCUT2D eigenvalue weighted by molar-refractivity contribution is -0.120. The number of hydrogen-bond donors (Lipinski definition) is 1. The number of methoxy groups -OCH3 is 1. The van der Waals surface area contributed by atoms with Crippen LogP contribution >= 0.6 is 0 Å². The van der Waals surface area contributed by atoms with Gasteiger partial charge in [0.05, 0.1) is 23.7 Å². The van der Waals surface area contributed by atoms with E-state index in [4.69, 9.17) is 4.74 Å². The maximum Gasteiger partial charge on any atom is 0.264 e. The molecule has 174 valence electrons. The summed E-state index contributed by atoms with van der Waals surface area (Å²) >= 11 is 0. The van der Waals surface area contributed by atoms with Gasteiger partial charge in [-0.3, -0.25) is 9.10 Å². The highest BCUT2D eigenvalue weighted by molar-refractivity contribution is 7.92. The first-order valence-electron chi connectivity index (χ1n) is 10.9. The van der Waals surface area contributed by atoms with E-state index in [1.165, 1.54) is 12.7 Å². The molecule has 0 saturated carbocycles. The summed E-state index contributed by atoms with van der Waals surface area (Å²) in [6, 6.07) is 20.9. The van der Waals surface area contributed by atoms with E-state index in [0.29, 0.717) is 11.4 Å². The highest BCUT2D eigenvalue weighted by atomic mass is 32.2. The standard InChI is InChI=1S/C26H30N2O4S/c1-5-21-8-10-22(11-9-21)20(3)27-26(29)18-28(23-12-14-24(32-4)15-13-23)33(30,31)25-16-6-19(2)7-17-25/h6-17,20H,5,18H2,1-4H3,(H,27,29)/t20-/m1/s1. The lowest BCUT2D eigenvalue weighted by atomic mass is 10.1. The number of ether oxygens (including phenoxy) is 1. The summed E-state index contributed by atoms with van der Waals surface area (Å²) in [5, 5.41) is 2.92. The minimum absolute atomic E-state index is 0.125. The Morgan fingerprint density at radius 2 is 1.58 bits per heavy atom. The van der Waals surface area contributed by atoms with E-state index < -0.39 is 15.9 Å². The number of aryl methyl sites for hydroxylation is 2. The quantitative estimate of drug-likeness (QED) is 0.499. The van der Waals surface area contributed by atoms with Crippen molar-refractivity contribution >= 4 is 21.6 Å². The van der Waals surface area contributed by atoms with Crippen LogP contribution in [0.25, 0.3) is 0 Å². The molecule has 1 amide bonds. The van der Waals surface area contributed by atoms with Crippen molar-refractivity contribution in [3.63, 3.8) is 0 Å². The van der Waals surface area contributed by atoms with Crippen LogP contribution in [-0.4, -0.2) is 28.0 Å². The molecule has 0 spiro atoms. The van der Waals surface area contributed by atoms with Gasteiger partial charge in [0.15, 0.2) is 0 Å². The molecule has 1 N–H and O–H groups in total. The van der Waals surface area contributed by atoms with E-state index in [9.17, 15) is 13.2 Å². The Bertz CT molecular complexity index is 1170. The predicted molar refractivity (Wildman–Crippen MR) is 131 cm³/mol. The number of sulfonamides is 1. The Morgan fingerprint density at radius 3 is 2.12 bits per heavy atom. The molecule has 0 heterocycles. The van der Waals surface area contributed by atoms with Crippen LogP contribution in [0.15, 0.2) is 77.7 Å². The molecule has 3 aromatic carbocycles. The molecular weight excluding hydrogens is 436 g/mol. The van der Waals surface area contributed by atoms with Gasteiger partial charge in [-0.15, -0.1) is 0 Å². The maximum atomic E-state index is 13.5. The van der Waals surface area contributed by atoms with Crippen molar-refractivity contribution in [2.75, 3.05) is 18.0 Å². The van der Waals surface area contributed by atoms with Crippen molar-refractivity contribution in [3.8, 4) is 5.75 Å². The second kappa shape index (κ2) is 10.5. The number of benzene rings is 3. The molecule has 0 unspecified atom stereocenters. The van der Waals surface area contributed by atoms with E-state index in [2.05, 4.69) is 12.2 Å². The fourth-order valence-corrected chi connectivity index (χ4v) is 4.86. The highest BCUT2D eigenvalue weighted by Crippen LogP contribution is 2.26. The summed E-state index contributed by atoms with van der Waals surface area (Å²) in [5.41, 5.74) is 3.50. The fraction of sp³-hybridized carbons (Fsp3) is 0.269. The first-order valence-corrected chi connectivity index (χ1v) is 12.3. The highest BCUT2D eigenvalue weighted by Gasteiger charge is 2.27. The van der Waals surface area contributed by atoms with E-state index in [1.54, 1.807) is 48.5 Å².